The van der Waals surface area contributed by atoms with Crippen LogP contribution in [0.15, 0.2) is 48.5 Å². The van der Waals surface area contributed by atoms with E-state index in [1.54, 1.807) is 0 Å². The molecule has 0 aliphatic heterocycles. The predicted molar refractivity (Wildman–Crippen MR) is 113 cm³/mol. The highest BCUT2D eigenvalue weighted by molar-refractivity contribution is 7.92. The second kappa shape index (κ2) is 9.30. The summed E-state index contributed by atoms with van der Waals surface area (Å²) in [6.07, 6.45) is -0.598. The Hall–Kier alpha value is -2.55. The van der Waals surface area contributed by atoms with Gasteiger partial charge in [-0.05, 0) is 55.0 Å². The van der Waals surface area contributed by atoms with Crippen LogP contribution in [0.4, 0.5) is 18.9 Å². The number of nitrogens with one attached hydrogen (secondary N) is 1. The molecule has 1 unspecified atom stereocenters. The van der Waals surface area contributed by atoms with Gasteiger partial charge in [0, 0.05) is 13.0 Å². The van der Waals surface area contributed by atoms with E-state index >= 15 is 0 Å². The number of fused-ring (bicyclic) bond motifs is 1. The fraction of sp³-hybridized carbons (Fsp3) is 0.409. The molecule has 2 aromatic carbocycles. The van der Waals surface area contributed by atoms with Gasteiger partial charge in [-0.1, -0.05) is 30.3 Å². The van der Waals surface area contributed by atoms with Gasteiger partial charge in [0.1, 0.15) is 0 Å². The molecule has 1 amide bonds. The Labute approximate surface area is 180 Å². The highest BCUT2D eigenvalue weighted by Gasteiger charge is 2.31. The first-order valence-electron chi connectivity index (χ1n) is 10.1. The first kappa shape index (κ1) is 23.1. The average Bonchev–Trinajstić information content (AvgIpc) is 2.70. The van der Waals surface area contributed by atoms with Gasteiger partial charge in [0.15, 0.2) is 0 Å². The molecule has 1 N–H and O–H groups in total. The van der Waals surface area contributed by atoms with Crippen molar-refractivity contribution in [2.75, 3.05) is 17.1 Å². The topological polar surface area (TPSA) is 66.5 Å². The molecule has 0 aromatic heterocycles. The summed E-state index contributed by atoms with van der Waals surface area (Å²) < 4.78 is 64.2. The molecule has 31 heavy (non-hydrogen) atoms. The largest absolute Gasteiger partial charge is 0.416 e. The first-order chi connectivity index (χ1) is 14.6. The van der Waals surface area contributed by atoms with Gasteiger partial charge in [0.25, 0.3) is 0 Å². The first-order valence-corrected chi connectivity index (χ1v) is 11.9. The van der Waals surface area contributed by atoms with Crippen LogP contribution < -0.4 is 9.62 Å². The monoisotopic (exact) mass is 454 g/mol. The number of anilines is 1. The maximum atomic E-state index is 13.0. The van der Waals surface area contributed by atoms with E-state index in [9.17, 15) is 26.4 Å². The van der Waals surface area contributed by atoms with Crippen molar-refractivity contribution >= 4 is 21.6 Å². The number of carbonyl (C=O) groups is 1. The number of sulfonamides is 1. The second-order valence-electron chi connectivity index (χ2n) is 7.70. The minimum absolute atomic E-state index is 0.0704. The molecule has 1 atom stereocenters. The number of rotatable bonds is 7. The quantitative estimate of drug-likeness (QED) is 0.673. The van der Waals surface area contributed by atoms with E-state index < -0.39 is 21.8 Å². The van der Waals surface area contributed by atoms with Crippen LogP contribution in [0.1, 0.15) is 48.4 Å². The SMILES string of the molecule is CS(=O)(=O)N(CCCC(=O)NC1CCCc2ccccc21)c1cccc(C(F)(F)F)c1. The molecular weight excluding hydrogens is 429 g/mol. The number of amides is 1. The van der Waals surface area contributed by atoms with E-state index in [0.717, 1.165) is 47.5 Å². The third-order valence-electron chi connectivity index (χ3n) is 5.33. The summed E-state index contributed by atoms with van der Waals surface area (Å²) in [6.45, 7) is -0.0885. The number of benzene rings is 2. The molecule has 5 nitrogen and oxygen atoms in total. The van der Waals surface area contributed by atoms with E-state index in [0.29, 0.717) is 0 Å². The molecule has 0 radical (unpaired) electrons. The van der Waals surface area contributed by atoms with Crippen LogP contribution in [0.5, 0.6) is 0 Å². The number of aryl methyl sites for hydroxylation is 1. The minimum atomic E-state index is -4.57. The van der Waals surface area contributed by atoms with Gasteiger partial charge in [-0.3, -0.25) is 9.10 Å². The van der Waals surface area contributed by atoms with Crippen LogP contribution in [0.3, 0.4) is 0 Å². The van der Waals surface area contributed by atoms with Crippen LogP contribution in [-0.4, -0.2) is 27.1 Å². The molecule has 1 aliphatic carbocycles. The molecule has 0 heterocycles. The summed E-state index contributed by atoms with van der Waals surface area (Å²) in [5.74, 6) is -0.209. The zero-order valence-corrected chi connectivity index (χ0v) is 18.0. The number of alkyl halides is 3. The van der Waals surface area contributed by atoms with Crippen molar-refractivity contribution in [2.24, 2.45) is 0 Å². The summed E-state index contributed by atoms with van der Waals surface area (Å²) in [7, 11) is -3.81. The molecule has 0 saturated carbocycles. The van der Waals surface area contributed by atoms with Crippen molar-refractivity contribution in [1.82, 2.24) is 5.32 Å². The summed E-state index contributed by atoms with van der Waals surface area (Å²) in [5.41, 5.74) is 1.32. The molecule has 0 spiro atoms. The van der Waals surface area contributed by atoms with Gasteiger partial charge in [-0.15, -0.1) is 0 Å². The smallest absolute Gasteiger partial charge is 0.349 e. The highest BCUT2D eigenvalue weighted by Crippen LogP contribution is 2.32. The Balaban J connectivity index is 1.63. The van der Waals surface area contributed by atoms with Gasteiger partial charge in [0.2, 0.25) is 15.9 Å². The third kappa shape index (κ3) is 6.00. The van der Waals surface area contributed by atoms with Crippen molar-refractivity contribution < 1.29 is 26.4 Å². The lowest BCUT2D eigenvalue weighted by Gasteiger charge is -2.27. The Kier molecular flexibility index (Phi) is 6.93. The molecule has 0 saturated heterocycles. The summed E-state index contributed by atoms with van der Waals surface area (Å²) in [4.78, 5) is 12.4. The van der Waals surface area contributed by atoms with Gasteiger partial charge < -0.3 is 5.32 Å². The van der Waals surface area contributed by atoms with Gasteiger partial charge >= 0.3 is 6.18 Å². The number of carbonyl (C=O) groups excluding carboxylic acids is 1. The van der Waals surface area contributed by atoms with Crippen molar-refractivity contribution in [3.05, 3.63) is 65.2 Å². The fourth-order valence-corrected chi connectivity index (χ4v) is 4.83. The maximum absolute atomic E-state index is 13.0. The van der Waals surface area contributed by atoms with E-state index in [1.807, 2.05) is 24.3 Å². The zero-order valence-electron chi connectivity index (χ0n) is 17.2. The van der Waals surface area contributed by atoms with Gasteiger partial charge in [-0.2, -0.15) is 13.2 Å². The molecule has 168 valence electrons. The van der Waals surface area contributed by atoms with E-state index in [-0.39, 0.29) is 37.0 Å². The molecule has 0 fully saturated rings. The van der Waals surface area contributed by atoms with E-state index in [2.05, 4.69) is 5.32 Å². The van der Waals surface area contributed by atoms with Crippen LogP contribution in [0, 0.1) is 0 Å². The van der Waals surface area contributed by atoms with Crippen molar-refractivity contribution in [2.45, 2.75) is 44.3 Å². The molecule has 9 heteroatoms. The molecular formula is C22H25F3N2O3S. The number of halogens is 3. The zero-order chi connectivity index (χ0) is 22.6. The predicted octanol–water partition coefficient (Wildman–Crippen LogP) is 4.45. The van der Waals surface area contributed by atoms with E-state index in [4.69, 9.17) is 0 Å². The fourth-order valence-electron chi connectivity index (χ4n) is 3.88. The standard InChI is InChI=1S/C22H25F3N2O3S/c1-31(29,30)27(18-10-5-9-17(15-18)22(23,24)25)14-6-13-21(28)26-20-12-4-8-16-7-2-3-11-19(16)20/h2-3,5,7,9-11,15,20H,4,6,8,12-14H2,1H3,(H,26,28). The Morgan fingerprint density at radius 1 is 1.16 bits per heavy atom. The number of hydrogen-bond acceptors (Lipinski definition) is 3. The van der Waals surface area contributed by atoms with Crippen LogP contribution >= 0.6 is 0 Å². The normalized spacial score (nSPS) is 16.5. The van der Waals surface area contributed by atoms with Crippen LogP contribution in [-0.2, 0) is 27.4 Å². The molecule has 1 aliphatic rings. The minimum Gasteiger partial charge on any atom is -0.349 e. The van der Waals surface area contributed by atoms with Gasteiger partial charge in [0.05, 0.1) is 23.5 Å². The highest BCUT2D eigenvalue weighted by atomic mass is 32.2. The Bertz CT molecular complexity index is 1040. The number of nitrogens with zero attached hydrogens (tertiary/aromatic N) is 1. The van der Waals surface area contributed by atoms with Gasteiger partial charge in [-0.25, -0.2) is 8.42 Å². The molecule has 0 bridgehead atoms. The van der Waals surface area contributed by atoms with Crippen LogP contribution in [0.2, 0.25) is 0 Å². The summed E-state index contributed by atoms with van der Waals surface area (Å²) >= 11 is 0. The Morgan fingerprint density at radius 2 is 1.90 bits per heavy atom. The van der Waals surface area contributed by atoms with Crippen molar-refractivity contribution in [1.29, 1.82) is 0 Å². The lowest BCUT2D eigenvalue weighted by Crippen LogP contribution is -2.33. The third-order valence-corrected chi connectivity index (χ3v) is 6.53. The average molecular weight is 455 g/mol. The summed E-state index contributed by atoms with van der Waals surface area (Å²) in [5, 5.41) is 3.00. The lowest BCUT2D eigenvalue weighted by atomic mass is 9.87. The Morgan fingerprint density at radius 3 is 2.61 bits per heavy atom. The molecule has 3 rings (SSSR count). The maximum Gasteiger partial charge on any atom is 0.416 e. The van der Waals surface area contributed by atoms with Crippen LogP contribution in [0.25, 0.3) is 0 Å². The molecule has 2 aromatic rings. The number of hydrogen-bond donors (Lipinski definition) is 1. The summed E-state index contributed by atoms with van der Waals surface area (Å²) in [6, 6.07) is 12.1. The van der Waals surface area contributed by atoms with E-state index in [1.165, 1.54) is 17.7 Å². The van der Waals surface area contributed by atoms with Crippen molar-refractivity contribution in [3.63, 3.8) is 0 Å². The second-order valence-corrected chi connectivity index (χ2v) is 9.60. The lowest BCUT2D eigenvalue weighted by molar-refractivity contribution is -0.137. The van der Waals surface area contributed by atoms with Crippen molar-refractivity contribution in [3.8, 4) is 0 Å².